The summed E-state index contributed by atoms with van der Waals surface area (Å²) >= 11 is 0. The number of ether oxygens (including phenoxy) is 1. The van der Waals surface area contributed by atoms with Crippen molar-refractivity contribution in [3.8, 4) is 0 Å². The fraction of sp³-hybridized carbons (Fsp3) is 0.594. The van der Waals surface area contributed by atoms with Gasteiger partial charge in [0.1, 0.15) is 5.60 Å². The molecule has 1 heterocycles. The number of hydrogen-bond donors (Lipinski definition) is 0. The fourth-order valence-electron chi connectivity index (χ4n) is 5.78. The highest BCUT2D eigenvalue weighted by Gasteiger charge is 2.29. The lowest BCUT2D eigenvalue weighted by molar-refractivity contribution is 0.0133. The predicted molar refractivity (Wildman–Crippen MR) is 155 cm³/mol. The maximum Gasteiger partial charge on any atom is 0.410 e. The molecule has 1 aliphatic heterocycles. The third kappa shape index (κ3) is 8.82. The van der Waals surface area contributed by atoms with Gasteiger partial charge in [0, 0.05) is 64.4 Å². The van der Waals surface area contributed by atoms with Crippen molar-refractivity contribution in [1.29, 1.82) is 0 Å². The van der Waals surface area contributed by atoms with E-state index >= 15 is 0 Å². The Morgan fingerprint density at radius 3 is 1.82 bits per heavy atom. The van der Waals surface area contributed by atoms with E-state index in [1.807, 2.05) is 25.7 Å². The number of carbonyl (C=O) groups is 1. The van der Waals surface area contributed by atoms with Gasteiger partial charge in [-0.25, -0.2) is 4.79 Å². The van der Waals surface area contributed by atoms with Crippen molar-refractivity contribution in [2.75, 3.05) is 46.3 Å². The molecule has 0 aromatic heterocycles. The van der Waals surface area contributed by atoms with Crippen LogP contribution in [0, 0.1) is 0 Å². The maximum absolute atomic E-state index is 12.3. The molecule has 0 bridgehead atoms. The van der Waals surface area contributed by atoms with E-state index in [1.165, 1.54) is 36.8 Å². The minimum Gasteiger partial charge on any atom is -0.444 e. The summed E-state index contributed by atoms with van der Waals surface area (Å²) in [6.07, 6.45) is 4.84. The number of hydrogen-bond acceptors (Lipinski definition) is 5. The maximum atomic E-state index is 12.3. The van der Waals surface area contributed by atoms with Crippen LogP contribution in [0.3, 0.4) is 0 Å². The molecule has 2 aliphatic rings. The van der Waals surface area contributed by atoms with Gasteiger partial charge in [0.2, 0.25) is 0 Å². The number of carbonyl (C=O) groups excluding carboxylic acids is 1. The third-order valence-corrected chi connectivity index (χ3v) is 8.06. The lowest BCUT2D eigenvalue weighted by atomic mass is 9.88. The zero-order chi connectivity index (χ0) is 27.0. The number of nitrogens with zero attached hydrogens (tertiary/aromatic N) is 4. The summed E-state index contributed by atoms with van der Waals surface area (Å²) in [6, 6.07) is 23.1. The van der Waals surface area contributed by atoms with E-state index in [4.69, 9.17) is 4.74 Å². The lowest BCUT2D eigenvalue weighted by Crippen LogP contribution is -2.51. The first-order chi connectivity index (χ1) is 18.3. The van der Waals surface area contributed by atoms with Crippen LogP contribution in [0.5, 0.6) is 0 Å². The van der Waals surface area contributed by atoms with Gasteiger partial charge in [-0.15, -0.1) is 0 Å². The molecule has 1 amide bonds. The molecule has 0 N–H and O–H groups in total. The van der Waals surface area contributed by atoms with Crippen LogP contribution in [0.2, 0.25) is 0 Å². The third-order valence-electron chi connectivity index (χ3n) is 8.06. The summed E-state index contributed by atoms with van der Waals surface area (Å²) < 4.78 is 5.54. The molecular weight excluding hydrogens is 472 g/mol. The minimum absolute atomic E-state index is 0.181. The Morgan fingerprint density at radius 2 is 1.32 bits per heavy atom. The summed E-state index contributed by atoms with van der Waals surface area (Å²) in [5, 5.41) is 0. The van der Waals surface area contributed by atoms with E-state index < -0.39 is 5.60 Å². The Morgan fingerprint density at radius 1 is 0.816 bits per heavy atom. The van der Waals surface area contributed by atoms with E-state index in [1.54, 1.807) is 0 Å². The molecule has 0 spiro atoms. The average molecular weight is 521 g/mol. The minimum atomic E-state index is -0.434. The van der Waals surface area contributed by atoms with Gasteiger partial charge < -0.3 is 14.5 Å². The zero-order valence-corrected chi connectivity index (χ0v) is 24.0. The standard InChI is InChI=1S/C32H48N4O2/c1-32(2,3)38-31(37)35-23-21-34(22-24-35)20-19-33(4)29-15-17-30(18-16-29)36(25-27-11-7-5-8-12-27)26-28-13-9-6-10-14-28/h5-14,29-30H,15-26H2,1-4H3. The van der Waals surface area contributed by atoms with Gasteiger partial charge in [-0.3, -0.25) is 9.80 Å². The highest BCUT2D eigenvalue weighted by atomic mass is 16.6. The van der Waals surface area contributed by atoms with E-state index in [0.29, 0.717) is 12.1 Å². The smallest absolute Gasteiger partial charge is 0.410 e. The number of rotatable bonds is 9. The van der Waals surface area contributed by atoms with Gasteiger partial charge >= 0.3 is 6.09 Å². The van der Waals surface area contributed by atoms with Crippen LogP contribution in [-0.2, 0) is 17.8 Å². The van der Waals surface area contributed by atoms with Gasteiger partial charge in [0.15, 0.2) is 0 Å². The summed E-state index contributed by atoms with van der Waals surface area (Å²) in [6.45, 7) is 13.3. The molecule has 0 unspecified atom stereocenters. The van der Waals surface area contributed by atoms with Gasteiger partial charge in [0.05, 0.1) is 0 Å². The monoisotopic (exact) mass is 520 g/mol. The average Bonchev–Trinajstić information content (AvgIpc) is 2.92. The van der Waals surface area contributed by atoms with Crippen molar-refractivity contribution < 1.29 is 9.53 Å². The molecule has 2 aromatic rings. The molecule has 208 valence electrons. The molecule has 1 aliphatic carbocycles. The quantitative estimate of drug-likeness (QED) is 0.438. The first-order valence-electron chi connectivity index (χ1n) is 14.5. The topological polar surface area (TPSA) is 39.3 Å². The van der Waals surface area contributed by atoms with Crippen LogP contribution >= 0.6 is 0 Å². The largest absolute Gasteiger partial charge is 0.444 e. The van der Waals surface area contributed by atoms with Crippen molar-refractivity contribution in [3.63, 3.8) is 0 Å². The molecule has 38 heavy (non-hydrogen) atoms. The second-order valence-electron chi connectivity index (χ2n) is 12.1. The second kappa shape index (κ2) is 13.6. The summed E-state index contributed by atoms with van der Waals surface area (Å²) in [4.78, 5) is 22.0. The second-order valence-corrected chi connectivity index (χ2v) is 12.1. The van der Waals surface area contributed by atoms with Crippen LogP contribution in [0.1, 0.15) is 57.6 Å². The summed E-state index contributed by atoms with van der Waals surface area (Å²) in [5.41, 5.74) is 2.36. The van der Waals surface area contributed by atoms with Gasteiger partial charge in [0.25, 0.3) is 0 Å². The van der Waals surface area contributed by atoms with Crippen LogP contribution in [-0.4, -0.2) is 89.7 Å². The molecule has 6 nitrogen and oxygen atoms in total. The molecule has 4 rings (SSSR count). The molecule has 1 saturated carbocycles. The Hall–Kier alpha value is -2.41. The fourth-order valence-corrected chi connectivity index (χ4v) is 5.78. The van der Waals surface area contributed by atoms with Crippen molar-refractivity contribution >= 4 is 6.09 Å². The van der Waals surface area contributed by atoms with Crippen molar-refractivity contribution in [2.45, 2.75) is 77.2 Å². The van der Waals surface area contributed by atoms with Gasteiger partial charge in [-0.2, -0.15) is 0 Å². The summed E-state index contributed by atoms with van der Waals surface area (Å²) in [5.74, 6) is 0. The van der Waals surface area contributed by atoms with Crippen LogP contribution in [0.15, 0.2) is 60.7 Å². The number of amides is 1. The molecule has 6 heteroatoms. The number of piperazine rings is 1. The SMILES string of the molecule is CN(CCN1CCN(C(=O)OC(C)(C)C)CC1)C1CCC(N(Cc2ccccc2)Cc2ccccc2)CC1. The van der Waals surface area contributed by atoms with Crippen LogP contribution < -0.4 is 0 Å². The van der Waals surface area contributed by atoms with Gasteiger partial charge in [-0.05, 0) is 64.6 Å². The molecule has 2 aromatic carbocycles. The molecular formula is C32H48N4O2. The molecule has 0 atom stereocenters. The van der Waals surface area contributed by atoms with Crippen molar-refractivity contribution in [2.24, 2.45) is 0 Å². The van der Waals surface area contributed by atoms with E-state index in [-0.39, 0.29) is 6.09 Å². The highest BCUT2D eigenvalue weighted by Crippen LogP contribution is 2.28. The Bertz CT molecular complexity index is 920. The van der Waals surface area contributed by atoms with E-state index in [9.17, 15) is 4.79 Å². The van der Waals surface area contributed by atoms with Crippen molar-refractivity contribution in [1.82, 2.24) is 19.6 Å². The highest BCUT2D eigenvalue weighted by molar-refractivity contribution is 5.68. The molecule has 0 radical (unpaired) electrons. The molecule has 2 fully saturated rings. The number of benzene rings is 2. The first kappa shape index (κ1) is 28.6. The first-order valence-corrected chi connectivity index (χ1v) is 14.5. The van der Waals surface area contributed by atoms with Gasteiger partial charge in [-0.1, -0.05) is 60.7 Å². The lowest BCUT2D eigenvalue weighted by Gasteiger charge is -2.41. The van der Waals surface area contributed by atoms with E-state index in [0.717, 1.165) is 52.4 Å². The Kier molecular flexibility index (Phi) is 10.2. The summed E-state index contributed by atoms with van der Waals surface area (Å²) in [7, 11) is 2.30. The predicted octanol–water partition coefficient (Wildman–Crippen LogP) is 5.48. The van der Waals surface area contributed by atoms with Crippen LogP contribution in [0.25, 0.3) is 0 Å². The Labute approximate surface area is 230 Å². The Balaban J connectivity index is 1.22. The number of likely N-dealkylation sites (N-methyl/N-ethyl adjacent to an activating group) is 1. The van der Waals surface area contributed by atoms with Crippen LogP contribution in [0.4, 0.5) is 4.79 Å². The zero-order valence-electron chi connectivity index (χ0n) is 24.0. The molecule has 1 saturated heterocycles. The van der Waals surface area contributed by atoms with Crippen molar-refractivity contribution in [3.05, 3.63) is 71.8 Å². The van der Waals surface area contributed by atoms with E-state index in [2.05, 4.69) is 82.4 Å². The normalized spacial score (nSPS) is 21.2.